The number of rotatable bonds is 5. The van der Waals surface area contributed by atoms with Gasteiger partial charge in [-0.3, -0.25) is 4.79 Å². The van der Waals surface area contributed by atoms with Gasteiger partial charge in [0.1, 0.15) is 28.9 Å². The van der Waals surface area contributed by atoms with Crippen molar-refractivity contribution in [1.82, 2.24) is 5.32 Å². The minimum Gasteiger partial charge on any atom is -0.467 e. The Hall–Kier alpha value is -3.73. The molecule has 1 aromatic carbocycles. The van der Waals surface area contributed by atoms with Crippen molar-refractivity contribution in [2.24, 2.45) is 0 Å². The number of halogens is 3. The molecule has 0 aliphatic rings. The van der Waals surface area contributed by atoms with Gasteiger partial charge in [-0.1, -0.05) is 12.1 Å². The van der Waals surface area contributed by atoms with Gasteiger partial charge < -0.3 is 14.2 Å². The topological polar surface area (TPSA) is 79.2 Å². The van der Waals surface area contributed by atoms with Crippen molar-refractivity contribution in [2.45, 2.75) is 12.7 Å². The summed E-state index contributed by atoms with van der Waals surface area (Å²) >= 11 is 0. The first-order valence-corrected chi connectivity index (χ1v) is 8.06. The molecular weight excluding hydrogens is 373 g/mol. The van der Waals surface area contributed by atoms with E-state index in [1.54, 1.807) is 18.2 Å². The number of nitrogens with one attached hydrogen (secondary N) is 1. The Labute approximate surface area is 157 Å². The van der Waals surface area contributed by atoms with E-state index in [2.05, 4.69) is 5.32 Å². The molecule has 1 amide bonds. The number of nitrogens with zero attached hydrogens (tertiary/aromatic N) is 1. The summed E-state index contributed by atoms with van der Waals surface area (Å²) in [6.45, 7) is 0.110. The molecule has 0 spiro atoms. The van der Waals surface area contributed by atoms with Gasteiger partial charge >= 0.3 is 6.18 Å². The number of hydrogen-bond acceptors (Lipinski definition) is 4. The summed E-state index contributed by atoms with van der Waals surface area (Å²) in [7, 11) is 0. The highest BCUT2D eigenvalue weighted by atomic mass is 19.4. The van der Waals surface area contributed by atoms with E-state index in [1.807, 2.05) is 0 Å². The summed E-state index contributed by atoms with van der Waals surface area (Å²) in [5, 5.41) is 11.7. The minimum atomic E-state index is -4.47. The molecule has 0 fully saturated rings. The molecule has 1 N–H and O–H groups in total. The lowest BCUT2D eigenvalue weighted by Crippen LogP contribution is -2.23. The fourth-order valence-electron chi connectivity index (χ4n) is 2.40. The van der Waals surface area contributed by atoms with Gasteiger partial charge in [0, 0.05) is 11.6 Å². The molecule has 0 aliphatic heterocycles. The van der Waals surface area contributed by atoms with E-state index in [1.165, 1.54) is 36.6 Å². The largest absolute Gasteiger partial charge is 0.467 e. The number of hydrogen-bond donors (Lipinski definition) is 1. The van der Waals surface area contributed by atoms with Gasteiger partial charge in [0.05, 0.1) is 18.4 Å². The van der Waals surface area contributed by atoms with Crippen LogP contribution in [-0.4, -0.2) is 5.91 Å². The van der Waals surface area contributed by atoms with Gasteiger partial charge in [0.15, 0.2) is 0 Å². The average Bonchev–Trinajstić information content (AvgIpc) is 3.35. The lowest BCUT2D eigenvalue weighted by molar-refractivity contribution is -0.137. The number of carbonyl (C=O) groups excluding carboxylic acids is 1. The highest BCUT2D eigenvalue weighted by Gasteiger charge is 2.30. The summed E-state index contributed by atoms with van der Waals surface area (Å²) < 4.78 is 49.1. The van der Waals surface area contributed by atoms with Gasteiger partial charge in [-0.15, -0.1) is 0 Å². The average molecular weight is 386 g/mol. The zero-order chi connectivity index (χ0) is 20.1. The molecule has 5 nitrogen and oxygen atoms in total. The Morgan fingerprint density at radius 2 is 2.00 bits per heavy atom. The molecule has 0 radical (unpaired) electrons. The van der Waals surface area contributed by atoms with E-state index in [9.17, 15) is 23.2 Å². The highest BCUT2D eigenvalue weighted by Crippen LogP contribution is 2.32. The monoisotopic (exact) mass is 386 g/mol. The van der Waals surface area contributed by atoms with Gasteiger partial charge in [-0.05, 0) is 36.4 Å². The number of alkyl halides is 3. The van der Waals surface area contributed by atoms with Crippen LogP contribution in [0.1, 0.15) is 17.1 Å². The number of benzene rings is 1. The summed E-state index contributed by atoms with van der Waals surface area (Å²) in [6.07, 6.45) is -1.79. The fourth-order valence-corrected chi connectivity index (χ4v) is 2.40. The minimum absolute atomic E-state index is 0.110. The first kappa shape index (κ1) is 19.0. The smallest absolute Gasteiger partial charge is 0.416 e. The third-order valence-electron chi connectivity index (χ3n) is 3.76. The van der Waals surface area contributed by atoms with Gasteiger partial charge in [-0.25, -0.2) is 0 Å². The molecular formula is C20H13F3N2O3. The molecule has 0 unspecified atom stereocenters. The van der Waals surface area contributed by atoms with Crippen molar-refractivity contribution in [3.05, 3.63) is 77.5 Å². The molecule has 142 valence electrons. The van der Waals surface area contributed by atoms with Crippen molar-refractivity contribution in [1.29, 1.82) is 5.26 Å². The maximum atomic E-state index is 12.8. The molecule has 0 aliphatic carbocycles. The van der Waals surface area contributed by atoms with Crippen LogP contribution in [0.15, 0.2) is 69.2 Å². The number of nitriles is 1. The molecule has 0 atom stereocenters. The second-order valence-corrected chi connectivity index (χ2v) is 5.71. The molecule has 8 heteroatoms. The third kappa shape index (κ3) is 4.51. The standard InChI is InChI=1S/C20H13F3N2O3/c21-20(22,23)15-4-1-3-13(9-15)18-7-6-16(28-18)10-14(11-24)19(26)25-12-17-5-2-8-27-17/h1-10H,12H2,(H,25,26)/b14-10+. The SMILES string of the molecule is N#C/C(=C\c1ccc(-c2cccc(C(F)(F)F)c2)o1)C(=O)NCc1ccco1. The predicted octanol–water partition coefficient (Wildman–Crippen LogP) is 4.78. The van der Waals surface area contributed by atoms with Crippen LogP contribution in [0.5, 0.6) is 0 Å². The molecule has 3 aromatic rings. The second-order valence-electron chi connectivity index (χ2n) is 5.71. The van der Waals surface area contributed by atoms with E-state index < -0.39 is 17.6 Å². The summed E-state index contributed by atoms with van der Waals surface area (Å²) in [6, 6.07) is 12.7. The van der Waals surface area contributed by atoms with Gasteiger partial charge in [-0.2, -0.15) is 18.4 Å². The lowest BCUT2D eigenvalue weighted by Gasteiger charge is -2.07. The van der Waals surface area contributed by atoms with Crippen LogP contribution in [0.3, 0.4) is 0 Å². The van der Waals surface area contributed by atoms with Crippen molar-refractivity contribution >= 4 is 12.0 Å². The van der Waals surface area contributed by atoms with Gasteiger partial charge in [0.25, 0.3) is 5.91 Å². The molecule has 3 rings (SSSR count). The van der Waals surface area contributed by atoms with Crippen LogP contribution in [0.25, 0.3) is 17.4 Å². The first-order chi connectivity index (χ1) is 13.4. The maximum absolute atomic E-state index is 12.8. The molecule has 0 saturated carbocycles. The maximum Gasteiger partial charge on any atom is 0.416 e. The van der Waals surface area contributed by atoms with E-state index >= 15 is 0 Å². The molecule has 28 heavy (non-hydrogen) atoms. The van der Waals surface area contributed by atoms with E-state index in [0.29, 0.717) is 5.76 Å². The van der Waals surface area contributed by atoms with Crippen molar-refractivity contribution in [2.75, 3.05) is 0 Å². The summed E-state index contributed by atoms with van der Waals surface area (Å²) in [4.78, 5) is 12.1. The van der Waals surface area contributed by atoms with Crippen molar-refractivity contribution in [3.8, 4) is 17.4 Å². The molecule has 0 saturated heterocycles. The van der Waals surface area contributed by atoms with Crippen LogP contribution >= 0.6 is 0 Å². The first-order valence-electron chi connectivity index (χ1n) is 8.06. The van der Waals surface area contributed by atoms with Gasteiger partial charge in [0.2, 0.25) is 0 Å². The number of amides is 1. The Morgan fingerprint density at radius 3 is 2.68 bits per heavy atom. The van der Waals surface area contributed by atoms with Crippen LogP contribution in [0, 0.1) is 11.3 Å². The highest BCUT2D eigenvalue weighted by molar-refractivity contribution is 6.01. The Morgan fingerprint density at radius 1 is 1.18 bits per heavy atom. The third-order valence-corrected chi connectivity index (χ3v) is 3.76. The Kier molecular flexibility index (Phi) is 5.36. The number of carbonyl (C=O) groups is 1. The molecule has 0 bridgehead atoms. The predicted molar refractivity (Wildman–Crippen MR) is 93.3 cm³/mol. The molecule has 2 aromatic heterocycles. The normalized spacial score (nSPS) is 11.9. The summed E-state index contributed by atoms with van der Waals surface area (Å²) in [5.41, 5.74) is -0.778. The van der Waals surface area contributed by atoms with E-state index in [0.717, 1.165) is 12.1 Å². The van der Waals surface area contributed by atoms with E-state index in [-0.39, 0.29) is 29.2 Å². The van der Waals surface area contributed by atoms with Crippen LogP contribution in [0.4, 0.5) is 13.2 Å². The zero-order valence-electron chi connectivity index (χ0n) is 14.3. The van der Waals surface area contributed by atoms with Crippen molar-refractivity contribution in [3.63, 3.8) is 0 Å². The lowest BCUT2D eigenvalue weighted by atomic mass is 10.1. The van der Waals surface area contributed by atoms with Crippen molar-refractivity contribution < 1.29 is 26.8 Å². The number of furan rings is 2. The molecule has 2 heterocycles. The zero-order valence-corrected chi connectivity index (χ0v) is 14.3. The van der Waals surface area contributed by atoms with Crippen LogP contribution in [0.2, 0.25) is 0 Å². The second kappa shape index (κ2) is 7.88. The summed E-state index contributed by atoms with van der Waals surface area (Å²) in [5.74, 6) is 0.245. The Balaban J connectivity index is 1.77. The van der Waals surface area contributed by atoms with E-state index in [4.69, 9.17) is 8.83 Å². The quantitative estimate of drug-likeness (QED) is 0.505. The van der Waals surface area contributed by atoms with Crippen LogP contribution < -0.4 is 5.32 Å². The fraction of sp³-hybridized carbons (Fsp3) is 0.100. The van der Waals surface area contributed by atoms with Crippen LogP contribution in [-0.2, 0) is 17.5 Å². The Bertz CT molecular complexity index is 1040.